The van der Waals surface area contributed by atoms with Gasteiger partial charge in [0.25, 0.3) is 0 Å². The van der Waals surface area contributed by atoms with Gasteiger partial charge in [-0.1, -0.05) is 229 Å². The number of hydrogen-bond acceptors (Lipinski definition) is 3. The van der Waals surface area contributed by atoms with Crippen molar-refractivity contribution in [3.8, 4) is 73.3 Å². The highest BCUT2D eigenvalue weighted by Crippen LogP contribution is 2.50. The van der Waals surface area contributed by atoms with Crippen LogP contribution in [0.4, 0.5) is 0 Å². The monoisotopic (exact) mass is 1370 g/mol. The summed E-state index contributed by atoms with van der Waals surface area (Å²) in [6, 6.07) is 103. The molecule has 0 aliphatic carbocycles. The van der Waals surface area contributed by atoms with Gasteiger partial charge in [0, 0.05) is 44.0 Å². The maximum Gasteiger partial charge on any atom is 0.220 e. The number of benzene rings is 13. The van der Waals surface area contributed by atoms with E-state index < -0.39 is 0 Å². The molecule has 9 nitrogen and oxygen atoms in total. The molecular weight excluding hydrogens is 1290 g/mol. The number of fused-ring (bicyclic) bond motifs is 16. The number of rotatable bonds is 8. The van der Waals surface area contributed by atoms with E-state index in [2.05, 4.69) is 389 Å². The van der Waals surface area contributed by atoms with Crippen molar-refractivity contribution in [1.29, 1.82) is 5.26 Å². The molecule has 0 atom stereocenters. The molecule has 0 saturated carbocycles. The predicted molar refractivity (Wildman–Crippen MR) is 443 cm³/mol. The largest absolute Gasteiger partial charge is 0.308 e. The molecule has 0 saturated heterocycles. The molecule has 0 aliphatic heterocycles. The average Bonchev–Trinajstić information content (AvgIpc) is 1.63. The number of para-hydroxylation sites is 2. The van der Waals surface area contributed by atoms with Crippen molar-refractivity contribution in [3.63, 3.8) is 0 Å². The second-order valence-electron chi connectivity index (χ2n) is 33.1. The standard InChI is InChI=1S/C97H81N9/c1-94(2,3)65-37-45-78-71(53-65)72-54-66(95(4,5)6)38-46-79(72)103(78)88-57-89(104-80-47-39-67(96(7,8)9)55-73(80)74-56-68(97(10,11)12)40-48-81(74)104)91(64-36-44-83-87(52-64)106-85-50-62(60-27-19-14-20-28-60)34-42-77(85)100-93(106)102(83)70-31-23-16-24-32-70)75(58-98)90(88)63-35-43-82-86(51-63)105-84-49-61(59-25-17-13-18-26-59)33-41-76(84)99-92(105)101(82)69-29-21-15-22-30-69/h13-57H,1-12H3. The van der Waals surface area contributed by atoms with Crippen LogP contribution in [-0.2, 0) is 21.7 Å². The van der Waals surface area contributed by atoms with Gasteiger partial charge in [-0.15, -0.1) is 0 Å². The number of imidazole rings is 4. The predicted octanol–water partition coefficient (Wildman–Crippen LogP) is 25.1. The summed E-state index contributed by atoms with van der Waals surface area (Å²) in [5.41, 5.74) is 28.3. The summed E-state index contributed by atoms with van der Waals surface area (Å²) >= 11 is 0. The van der Waals surface area contributed by atoms with Crippen LogP contribution in [-0.4, -0.2) is 37.0 Å². The fourth-order valence-corrected chi connectivity index (χ4v) is 16.6. The maximum absolute atomic E-state index is 13.3. The lowest BCUT2D eigenvalue weighted by molar-refractivity contribution is 0.590. The zero-order valence-corrected chi connectivity index (χ0v) is 62.0. The number of nitrogens with zero attached hydrogens (tertiary/aromatic N) is 9. The lowest BCUT2D eigenvalue weighted by atomic mass is 9.85. The Morgan fingerprint density at radius 3 is 0.887 bits per heavy atom. The molecule has 0 bridgehead atoms. The third kappa shape index (κ3) is 10.0. The van der Waals surface area contributed by atoms with Gasteiger partial charge in [0.1, 0.15) is 6.07 Å². The molecule has 0 amide bonds. The van der Waals surface area contributed by atoms with E-state index >= 15 is 0 Å². The van der Waals surface area contributed by atoms with Gasteiger partial charge >= 0.3 is 0 Å². The Bertz CT molecular complexity index is 6340. The second kappa shape index (κ2) is 23.2. The van der Waals surface area contributed by atoms with Crippen LogP contribution in [0, 0.1) is 11.3 Å². The lowest BCUT2D eigenvalue weighted by Gasteiger charge is -2.24. The number of nitriles is 1. The molecule has 9 heteroatoms. The van der Waals surface area contributed by atoms with Crippen molar-refractivity contribution in [3.05, 3.63) is 301 Å². The highest BCUT2D eigenvalue weighted by Gasteiger charge is 2.32. The molecule has 6 heterocycles. The fourth-order valence-electron chi connectivity index (χ4n) is 16.6. The van der Waals surface area contributed by atoms with E-state index in [1.165, 1.54) is 22.3 Å². The summed E-state index contributed by atoms with van der Waals surface area (Å²) in [7, 11) is 0. The Hall–Kier alpha value is -12.5. The SMILES string of the molecule is CC(C)(C)c1ccc2c(c1)c1cc(C(C)(C)C)ccc1n2-c1cc(-n2c3ccc(C(C)(C)C)cc3c3cc(C(C)(C)C)ccc32)c(-c2ccc3c(c2)n2c4cc(-c5ccccc5)ccc4nc2n3-c2ccccc2)c(C#N)c1-c1ccc2c(c1)n1c3cc(-c4ccccc4)ccc3nc1n2-c1ccccc1. The average molecular weight is 1370 g/mol. The van der Waals surface area contributed by atoms with Gasteiger partial charge in [-0.05, 0) is 205 Å². The maximum atomic E-state index is 13.3. The Morgan fingerprint density at radius 2 is 0.566 bits per heavy atom. The van der Waals surface area contributed by atoms with E-state index in [0.717, 1.165) is 167 Å². The molecule has 19 aromatic rings. The van der Waals surface area contributed by atoms with Gasteiger partial charge in [-0.25, -0.2) is 9.97 Å². The van der Waals surface area contributed by atoms with Crippen molar-refractivity contribution in [1.82, 2.24) is 37.0 Å². The molecule has 0 fully saturated rings. The smallest absolute Gasteiger partial charge is 0.220 e. The van der Waals surface area contributed by atoms with Gasteiger partial charge in [0.15, 0.2) is 0 Å². The topological polar surface area (TPSA) is 78.1 Å². The molecule has 13 aromatic carbocycles. The van der Waals surface area contributed by atoms with E-state index in [4.69, 9.17) is 9.97 Å². The summed E-state index contributed by atoms with van der Waals surface area (Å²) in [6.07, 6.45) is 0. The zero-order chi connectivity index (χ0) is 72.6. The summed E-state index contributed by atoms with van der Waals surface area (Å²) in [5.74, 6) is 1.59. The Labute approximate surface area is 616 Å². The molecule has 0 spiro atoms. The summed E-state index contributed by atoms with van der Waals surface area (Å²) < 4.78 is 14.2. The normalized spacial score (nSPS) is 12.7. The van der Waals surface area contributed by atoms with Crippen LogP contribution in [0.1, 0.15) is 111 Å². The quantitative estimate of drug-likeness (QED) is 0.152. The first-order chi connectivity index (χ1) is 51.0. The van der Waals surface area contributed by atoms with Crippen LogP contribution in [0.2, 0.25) is 0 Å². The van der Waals surface area contributed by atoms with Gasteiger partial charge in [0.2, 0.25) is 11.6 Å². The van der Waals surface area contributed by atoms with Crippen LogP contribution >= 0.6 is 0 Å². The highest BCUT2D eigenvalue weighted by molar-refractivity contribution is 6.14. The van der Waals surface area contributed by atoms with Crippen molar-refractivity contribution in [2.24, 2.45) is 0 Å². The van der Waals surface area contributed by atoms with Gasteiger partial charge in [0.05, 0.1) is 83.1 Å². The summed E-state index contributed by atoms with van der Waals surface area (Å²) in [6.45, 7) is 27.6. The first kappa shape index (κ1) is 64.3. The van der Waals surface area contributed by atoms with Gasteiger partial charge in [-0.3, -0.25) is 17.9 Å². The summed E-state index contributed by atoms with van der Waals surface area (Å²) in [5, 5.41) is 17.9. The highest BCUT2D eigenvalue weighted by atomic mass is 15.2. The molecule has 106 heavy (non-hydrogen) atoms. The van der Waals surface area contributed by atoms with E-state index in [0.29, 0.717) is 5.56 Å². The Morgan fingerprint density at radius 1 is 0.264 bits per heavy atom. The van der Waals surface area contributed by atoms with Crippen LogP contribution in [0.25, 0.3) is 167 Å². The summed E-state index contributed by atoms with van der Waals surface area (Å²) in [4.78, 5) is 11.0. The van der Waals surface area contributed by atoms with Crippen molar-refractivity contribution in [2.45, 2.75) is 105 Å². The first-order valence-corrected chi connectivity index (χ1v) is 37.0. The zero-order valence-electron chi connectivity index (χ0n) is 62.0. The van der Waals surface area contributed by atoms with Crippen LogP contribution < -0.4 is 0 Å². The number of hydrogen-bond donors (Lipinski definition) is 0. The van der Waals surface area contributed by atoms with Crippen LogP contribution in [0.5, 0.6) is 0 Å². The molecule has 19 rings (SSSR count). The van der Waals surface area contributed by atoms with Crippen LogP contribution in [0.3, 0.4) is 0 Å². The molecule has 0 N–H and O–H groups in total. The minimum atomic E-state index is -0.146. The molecule has 0 unspecified atom stereocenters. The minimum Gasteiger partial charge on any atom is -0.308 e. The Kier molecular flexibility index (Phi) is 14.1. The van der Waals surface area contributed by atoms with E-state index in [1.54, 1.807) is 0 Å². The van der Waals surface area contributed by atoms with E-state index in [1.807, 2.05) is 0 Å². The minimum absolute atomic E-state index is 0.146. The molecule has 0 aliphatic rings. The van der Waals surface area contributed by atoms with Gasteiger partial charge < -0.3 is 9.13 Å². The van der Waals surface area contributed by atoms with Crippen LogP contribution in [0.15, 0.2) is 273 Å². The van der Waals surface area contributed by atoms with Crippen molar-refractivity contribution >= 4 is 99.3 Å². The van der Waals surface area contributed by atoms with Crippen molar-refractivity contribution < 1.29 is 0 Å². The molecule has 0 radical (unpaired) electrons. The first-order valence-electron chi connectivity index (χ1n) is 37.0. The van der Waals surface area contributed by atoms with E-state index in [-0.39, 0.29) is 21.7 Å². The Balaban J connectivity index is 1.01. The molecule has 6 aromatic heterocycles. The third-order valence-corrected chi connectivity index (χ3v) is 22.3. The lowest BCUT2D eigenvalue weighted by Crippen LogP contribution is -2.11. The number of aromatic nitrogens is 8. The molecule has 514 valence electrons. The van der Waals surface area contributed by atoms with E-state index in [9.17, 15) is 5.26 Å². The third-order valence-electron chi connectivity index (χ3n) is 22.3. The molecular formula is C97H81N9. The second-order valence-corrected chi connectivity index (χ2v) is 33.1. The van der Waals surface area contributed by atoms with Gasteiger partial charge in [-0.2, -0.15) is 5.26 Å². The fraction of sp³-hybridized carbons (Fsp3) is 0.165. The van der Waals surface area contributed by atoms with Crippen molar-refractivity contribution in [2.75, 3.05) is 0 Å².